The molecule has 31 heavy (non-hydrogen) atoms. The van der Waals surface area contributed by atoms with E-state index in [-0.39, 0.29) is 11.9 Å². The molecule has 2 aliphatic heterocycles. The molecule has 0 bridgehead atoms. The van der Waals surface area contributed by atoms with Gasteiger partial charge in [-0.3, -0.25) is 4.79 Å². The van der Waals surface area contributed by atoms with Gasteiger partial charge in [-0.2, -0.15) is 0 Å². The van der Waals surface area contributed by atoms with Crippen LogP contribution in [-0.4, -0.2) is 30.6 Å². The average molecular weight is 415 g/mol. The number of benzene rings is 3. The smallest absolute Gasteiger partial charge is 0.254 e. The van der Waals surface area contributed by atoms with Gasteiger partial charge < -0.3 is 19.1 Å². The number of amides is 1. The standard InChI is InChI=1S/C26H25NO4/c1-18-23-17-25-24(29-14-5-15-30-25)16-20(23)12-13-27(18)26(28)19-8-10-22(11-9-19)31-21-6-3-2-4-7-21/h2-4,6-11,16-18H,5,12-15H2,1H3/t18-/m0/s1. The summed E-state index contributed by atoms with van der Waals surface area (Å²) in [5.74, 6) is 3.10. The summed E-state index contributed by atoms with van der Waals surface area (Å²) in [6.45, 7) is 4.08. The second-order valence-corrected chi connectivity index (χ2v) is 7.91. The maximum Gasteiger partial charge on any atom is 0.254 e. The van der Waals surface area contributed by atoms with E-state index in [0.717, 1.165) is 35.7 Å². The van der Waals surface area contributed by atoms with Gasteiger partial charge in [0.25, 0.3) is 5.91 Å². The predicted molar refractivity (Wildman–Crippen MR) is 118 cm³/mol. The van der Waals surface area contributed by atoms with Crippen molar-refractivity contribution in [3.05, 3.63) is 83.4 Å². The second-order valence-electron chi connectivity index (χ2n) is 7.91. The highest BCUT2D eigenvalue weighted by Crippen LogP contribution is 2.39. The Morgan fingerprint density at radius 3 is 2.35 bits per heavy atom. The highest BCUT2D eigenvalue weighted by Gasteiger charge is 2.30. The summed E-state index contributed by atoms with van der Waals surface area (Å²) in [6, 6.07) is 21.1. The van der Waals surface area contributed by atoms with E-state index in [1.807, 2.05) is 59.5 Å². The molecule has 3 aromatic carbocycles. The van der Waals surface area contributed by atoms with Gasteiger partial charge in [-0.15, -0.1) is 0 Å². The quantitative estimate of drug-likeness (QED) is 0.575. The van der Waals surface area contributed by atoms with Gasteiger partial charge in [-0.1, -0.05) is 18.2 Å². The van der Waals surface area contributed by atoms with Crippen LogP contribution in [0.1, 0.15) is 40.9 Å². The van der Waals surface area contributed by atoms with Crippen LogP contribution >= 0.6 is 0 Å². The number of hydrogen-bond acceptors (Lipinski definition) is 4. The third-order valence-corrected chi connectivity index (χ3v) is 5.89. The molecule has 0 saturated heterocycles. The molecule has 0 spiro atoms. The van der Waals surface area contributed by atoms with Gasteiger partial charge in [0.2, 0.25) is 0 Å². The zero-order valence-electron chi connectivity index (χ0n) is 17.5. The zero-order valence-corrected chi connectivity index (χ0v) is 17.5. The minimum atomic E-state index is -0.0337. The van der Waals surface area contributed by atoms with Gasteiger partial charge in [-0.25, -0.2) is 0 Å². The van der Waals surface area contributed by atoms with Crippen molar-refractivity contribution in [1.29, 1.82) is 0 Å². The van der Waals surface area contributed by atoms with E-state index in [2.05, 4.69) is 19.1 Å². The van der Waals surface area contributed by atoms with E-state index in [4.69, 9.17) is 14.2 Å². The topological polar surface area (TPSA) is 48.0 Å². The number of fused-ring (bicyclic) bond motifs is 2. The SMILES string of the molecule is C[C@H]1c2cc3c(cc2CCN1C(=O)c1ccc(Oc2ccccc2)cc1)OCCCO3. The van der Waals surface area contributed by atoms with Gasteiger partial charge >= 0.3 is 0 Å². The lowest BCUT2D eigenvalue weighted by Gasteiger charge is -2.36. The van der Waals surface area contributed by atoms with Crippen molar-refractivity contribution in [1.82, 2.24) is 4.90 Å². The molecule has 5 nitrogen and oxygen atoms in total. The Balaban J connectivity index is 1.34. The Labute approximate surface area is 182 Å². The summed E-state index contributed by atoms with van der Waals surface area (Å²) in [6.07, 6.45) is 1.68. The minimum Gasteiger partial charge on any atom is -0.490 e. The third-order valence-electron chi connectivity index (χ3n) is 5.89. The van der Waals surface area contributed by atoms with Crippen molar-refractivity contribution < 1.29 is 19.0 Å². The van der Waals surface area contributed by atoms with Crippen LogP contribution in [0.4, 0.5) is 0 Å². The zero-order chi connectivity index (χ0) is 21.2. The van der Waals surface area contributed by atoms with Crippen molar-refractivity contribution in [2.45, 2.75) is 25.8 Å². The molecule has 5 rings (SSSR count). The molecule has 1 atom stereocenters. The number of nitrogens with zero attached hydrogens (tertiary/aromatic N) is 1. The molecular weight excluding hydrogens is 390 g/mol. The third kappa shape index (κ3) is 3.96. The Hall–Kier alpha value is -3.47. The highest BCUT2D eigenvalue weighted by atomic mass is 16.5. The molecule has 2 aliphatic rings. The summed E-state index contributed by atoms with van der Waals surface area (Å²) < 4.78 is 17.5. The molecule has 158 valence electrons. The van der Waals surface area contributed by atoms with Crippen LogP contribution in [0.2, 0.25) is 0 Å². The minimum absolute atomic E-state index is 0.0246. The van der Waals surface area contributed by atoms with Crippen molar-refractivity contribution >= 4 is 5.91 Å². The lowest BCUT2D eigenvalue weighted by atomic mass is 9.92. The monoisotopic (exact) mass is 415 g/mol. The van der Waals surface area contributed by atoms with E-state index >= 15 is 0 Å². The number of para-hydroxylation sites is 1. The molecular formula is C26H25NO4. The Kier molecular flexibility index (Phi) is 5.24. The fourth-order valence-corrected chi connectivity index (χ4v) is 4.21. The van der Waals surface area contributed by atoms with E-state index < -0.39 is 0 Å². The van der Waals surface area contributed by atoms with Crippen LogP contribution in [0.25, 0.3) is 0 Å². The second kappa shape index (κ2) is 8.34. The van der Waals surface area contributed by atoms with E-state index in [1.54, 1.807) is 0 Å². The van der Waals surface area contributed by atoms with E-state index in [0.29, 0.717) is 31.1 Å². The maximum atomic E-state index is 13.3. The van der Waals surface area contributed by atoms with Gasteiger partial charge in [0.05, 0.1) is 19.3 Å². The lowest BCUT2D eigenvalue weighted by molar-refractivity contribution is 0.0677. The fraction of sp³-hybridized carbons (Fsp3) is 0.269. The van der Waals surface area contributed by atoms with Crippen molar-refractivity contribution in [3.63, 3.8) is 0 Å². The molecule has 0 saturated carbocycles. The summed E-state index contributed by atoms with van der Waals surface area (Å²) in [4.78, 5) is 15.2. The number of carbonyl (C=O) groups excluding carboxylic acids is 1. The molecule has 5 heteroatoms. The van der Waals surface area contributed by atoms with Gasteiger partial charge in [0.1, 0.15) is 11.5 Å². The van der Waals surface area contributed by atoms with E-state index in [1.165, 1.54) is 5.56 Å². The Bertz CT molecular complexity index is 1080. The molecule has 0 aromatic heterocycles. The fourth-order valence-electron chi connectivity index (χ4n) is 4.21. The predicted octanol–water partition coefficient (Wildman–Crippen LogP) is 5.40. The summed E-state index contributed by atoms with van der Waals surface area (Å²) in [5, 5.41) is 0. The molecule has 0 fully saturated rings. The number of rotatable bonds is 3. The number of hydrogen-bond donors (Lipinski definition) is 0. The number of carbonyl (C=O) groups is 1. The van der Waals surface area contributed by atoms with Crippen LogP contribution in [-0.2, 0) is 6.42 Å². The van der Waals surface area contributed by atoms with Crippen molar-refractivity contribution in [2.75, 3.05) is 19.8 Å². The van der Waals surface area contributed by atoms with Gasteiger partial charge in [0, 0.05) is 18.5 Å². The maximum absolute atomic E-state index is 13.3. The first-order chi connectivity index (χ1) is 15.2. The Morgan fingerprint density at radius 2 is 1.61 bits per heavy atom. The lowest BCUT2D eigenvalue weighted by Crippen LogP contribution is -2.38. The highest BCUT2D eigenvalue weighted by molar-refractivity contribution is 5.94. The molecule has 0 aliphatic carbocycles. The first kappa shape index (κ1) is 19.5. The molecule has 1 amide bonds. The van der Waals surface area contributed by atoms with Crippen LogP contribution < -0.4 is 14.2 Å². The molecule has 3 aromatic rings. The van der Waals surface area contributed by atoms with Gasteiger partial charge in [0.15, 0.2) is 11.5 Å². The normalized spacial score (nSPS) is 17.5. The van der Waals surface area contributed by atoms with Gasteiger partial charge in [-0.05, 0) is 73.0 Å². The Morgan fingerprint density at radius 1 is 0.935 bits per heavy atom. The number of ether oxygens (including phenoxy) is 3. The van der Waals surface area contributed by atoms with Crippen LogP contribution in [0.3, 0.4) is 0 Å². The van der Waals surface area contributed by atoms with Crippen LogP contribution in [0.5, 0.6) is 23.0 Å². The van der Waals surface area contributed by atoms with Crippen LogP contribution in [0, 0.1) is 0 Å². The molecule has 2 heterocycles. The average Bonchev–Trinajstić information content (AvgIpc) is 3.04. The van der Waals surface area contributed by atoms with E-state index in [9.17, 15) is 4.79 Å². The van der Waals surface area contributed by atoms with Crippen molar-refractivity contribution in [3.8, 4) is 23.0 Å². The first-order valence-electron chi connectivity index (χ1n) is 10.8. The summed E-state index contributed by atoms with van der Waals surface area (Å²) in [5.41, 5.74) is 3.02. The molecule has 0 radical (unpaired) electrons. The first-order valence-corrected chi connectivity index (χ1v) is 10.8. The molecule has 0 N–H and O–H groups in total. The summed E-state index contributed by atoms with van der Waals surface area (Å²) >= 11 is 0. The largest absolute Gasteiger partial charge is 0.490 e. The molecule has 0 unspecified atom stereocenters. The summed E-state index contributed by atoms with van der Waals surface area (Å²) in [7, 11) is 0. The van der Waals surface area contributed by atoms with Crippen LogP contribution in [0.15, 0.2) is 66.7 Å². The van der Waals surface area contributed by atoms with Crippen molar-refractivity contribution in [2.24, 2.45) is 0 Å².